The fourth-order valence-corrected chi connectivity index (χ4v) is 6.14. The van der Waals surface area contributed by atoms with Crippen molar-refractivity contribution in [3.8, 4) is 0 Å². The molecule has 2 unspecified atom stereocenters. The molecule has 10 heteroatoms. The number of nitrogens with zero attached hydrogens (tertiary/aromatic N) is 2. The van der Waals surface area contributed by atoms with Gasteiger partial charge in [0.2, 0.25) is 11.8 Å². The number of aryl methyl sites for hydroxylation is 2. The Bertz CT molecular complexity index is 1460. The Labute approximate surface area is 253 Å². The highest BCUT2D eigenvalue weighted by Gasteiger charge is 2.34. The fourth-order valence-electron chi connectivity index (χ4n) is 4.28. The van der Waals surface area contributed by atoms with Gasteiger partial charge in [0.1, 0.15) is 12.6 Å². The summed E-state index contributed by atoms with van der Waals surface area (Å²) in [4.78, 5) is 29.0. The first-order chi connectivity index (χ1) is 19.4. The molecule has 41 heavy (non-hydrogen) atoms. The summed E-state index contributed by atoms with van der Waals surface area (Å²) in [6, 6.07) is 17.5. The Kier molecular flexibility index (Phi) is 11.2. The van der Waals surface area contributed by atoms with Crippen molar-refractivity contribution in [2.45, 2.75) is 71.0 Å². The molecule has 7 nitrogen and oxygen atoms in total. The van der Waals surface area contributed by atoms with E-state index in [0.717, 1.165) is 27.4 Å². The smallest absolute Gasteiger partial charge is 0.264 e. The molecule has 1 N–H and O–H groups in total. The van der Waals surface area contributed by atoms with E-state index < -0.39 is 28.5 Å². The van der Waals surface area contributed by atoms with Crippen LogP contribution in [0.1, 0.15) is 50.3 Å². The lowest BCUT2D eigenvalue weighted by Gasteiger charge is -2.34. The molecule has 0 bridgehead atoms. The summed E-state index contributed by atoms with van der Waals surface area (Å²) in [6.07, 6.45) is 1.06. The van der Waals surface area contributed by atoms with Gasteiger partial charge in [0.25, 0.3) is 10.0 Å². The normalized spacial score (nSPS) is 12.9. The highest BCUT2D eigenvalue weighted by molar-refractivity contribution is 7.92. The second-order valence-corrected chi connectivity index (χ2v) is 12.9. The molecule has 0 spiro atoms. The summed E-state index contributed by atoms with van der Waals surface area (Å²) in [6.45, 7) is 9.03. The summed E-state index contributed by atoms with van der Waals surface area (Å²) < 4.78 is 29.0. The van der Waals surface area contributed by atoms with E-state index in [2.05, 4.69) is 5.32 Å². The summed E-state index contributed by atoms with van der Waals surface area (Å²) in [5.41, 5.74) is 2.82. The second kappa shape index (κ2) is 14.2. The van der Waals surface area contributed by atoms with E-state index in [1.54, 1.807) is 18.2 Å². The molecule has 0 aliphatic rings. The van der Waals surface area contributed by atoms with Gasteiger partial charge in [-0.25, -0.2) is 8.42 Å². The second-order valence-electron chi connectivity index (χ2n) is 10.2. The van der Waals surface area contributed by atoms with Gasteiger partial charge in [-0.3, -0.25) is 13.9 Å². The van der Waals surface area contributed by atoms with Crippen LogP contribution in [0.25, 0.3) is 0 Å². The third kappa shape index (κ3) is 8.24. The van der Waals surface area contributed by atoms with E-state index in [9.17, 15) is 18.0 Å². The van der Waals surface area contributed by atoms with Crippen LogP contribution < -0.4 is 9.62 Å². The first-order valence-electron chi connectivity index (χ1n) is 13.6. The first-order valence-corrected chi connectivity index (χ1v) is 15.8. The Hall–Kier alpha value is -3.07. The number of amides is 2. The van der Waals surface area contributed by atoms with Crippen LogP contribution in [-0.4, -0.2) is 43.8 Å². The maximum Gasteiger partial charge on any atom is 0.264 e. The Morgan fingerprint density at radius 2 is 1.46 bits per heavy atom. The molecule has 220 valence electrons. The zero-order valence-corrected chi connectivity index (χ0v) is 26.4. The van der Waals surface area contributed by atoms with Crippen LogP contribution in [0, 0.1) is 13.8 Å². The number of sulfonamides is 1. The largest absolute Gasteiger partial charge is 0.352 e. The van der Waals surface area contributed by atoms with Crippen LogP contribution in [0.15, 0.2) is 71.6 Å². The number of nitrogens with one attached hydrogen (secondary N) is 1. The average molecular weight is 619 g/mol. The molecule has 3 aromatic rings. The van der Waals surface area contributed by atoms with Crippen LogP contribution in [0.5, 0.6) is 0 Å². The van der Waals surface area contributed by atoms with E-state index in [0.29, 0.717) is 6.42 Å². The van der Waals surface area contributed by atoms with Gasteiger partial charge >= 0.3 is 0 Å². The van der Waals surface area contributed by atoms with E-state index in [-0.39, 0.29) is 39.1 Å². The molecule has 0 aromatic heterocycles. The van der Waals surface area contributed by atoms with Crippen molar-refractivity contribution in [1.82, 2.24) is 10.2 Å². The molecular weight excluding hydrogens is 581 g/mol. The molecule has 0 aliphatic carbocycles. The van der Waals surface area contributed by atoms with E-state index in [1.807, 2.05) is 58.9 Å². The predicted molar refractivity (Wildman–Crippen MR) is 166 cm³/mol. The minimum atomic E-state index is -4.25. The van der Waals surface area contributed by atoms with Crippen molar-refractivity contribution in [2.24, 2.45) is 0 Å². The number of hydrogen-bond acceptors (Lipinski definition) is 4. The molecule has 0 saturated heterocycles. The number of rotatable bonds is 12. The molecule has 0 saturated carbocycles. The van der Waals surface area contributed by atoms with Crippen LogP contribution in [0.2, 0.25) is 10.0 Å². The van der Waals surface area contributed by atoms with Crippen molar-refractivity contribution in [2.75, 3.05) is 10.8 Å². The number of carbonyl (C=O) groups is 2. The molecular formula is C31H37Cl2N3O4S. The zero-order valence-electron chi connectivity index (χ0n) is 24.0. The third-order valence-electron chi connectivity index (χ3n) is 6.93. The predicted octanol–water partition coefficient (Wildman–Crippen LogP) is 6.53. The van der Waals surface area contributed by atoms with Crippen molar-refractivity contribution in [3.05, 3.63) is 93.5 Å². The lowest BCUT2D eigenvalue weighted by atomic mass is 10.1. The molecule has 3 rings (SSSR count). The molecule has 0 heterocycles. The Morgan fingerprint density at radius 3 is 2.02 bits per heavy atom. The molecule has 0 fully saturated rings. The topological polar surface area (TPSA) is 86.8 Å². The standard InChI is InChI=1S/C31H37Cl2N3O4S/c1-6-23(5)34-31(38)28(7-2)35(19-24-12-8-21(3)9-13-24)30(37)20-36(29-18-25(32)14-17-27(29)33)41(39,40)26-15-10-22(4)11-16-26/h8-18,23,28H,6-7,19-20H2,1-5H3,(H,34,38). The maximum atomic E-state index is 14.2. The summed E-state index contributed by atoms with van der Waals surface area (Å²) in [7, 11) is -4.25. The van der Waals surface area contributed by atoms with E-state index in [4.69, 9.17) is 23.2 Å². The number of hydrogen-bond donors (Lipinski definition) is 1. The number of anilines is 1. The van der Waals surface area contributed by atoms with Crippen LogP contribution in [0.3, 0.4) is 0 Å². The Balaban J connectivity index is 2.10. The molecule has 0 radical (unpaired) electrons. The first kappa shape index (κ1) is 32.4. The van der Waals surface area contributed by atoms with Gasteiger partial charge in [-0.2, -0.15) is 0 Å². The molecule has 3 aromatic carbocycles. The fraction of sp³-hybridized carbons (Fsp3) is 0.355. The zero-order chi connectivity index (χ0) is 30.3. The summed E-state index contributed by atoms with van der Waals surface area (Å²) in [5, 5.41) is 3.35. The third-order valence-corrected chi connectivity index (χ3v) is 9.25. The van der Waals surface area contributed by atoms with E-state index >= 15 is 0 Å². The van der Waals surface area contributed by atoms with Gasteiger partial charge in [-0.1, -0.05) is 84.6 Å². The van der Waals surface area contributed by atoms with Crippen LogP contribution >= 0.6 is 23.2 Å². The quantitative estimate of drug-likeness (QED) is 0.250. The monoisotopic (exact) mass is 617 g/mol. The van der Waals surface area contributed by atoms with Crippen LogP contribution in [0.4, 0.5) is 5.69 Å². The van der Waals surface area contributed by atoms with Gasteiger partial charge in [-0.05, 0) is 69.5 Å². The van der Waals surface area contributed by atoms with Crippen LogP contribution in [-0.2, 0) is 26.2 Å². The number of benzene rings is 3. The average Bonchev–Trinajstić information content (AvgIpc) is 2.94. The van der Waals surface area contributed by atoms with Crippen molar-refractivity contribution in [3.63, 3.8) is 0 Å². The van der Waals surface area contributed by atoms with Gasteiger partial charge in [0, 0.05) is 17.6 Å². The highest BCUT2D eigenvalue weighted by Crippen LogP contribution is 2.33. The van der Waals surface area contributed by atoms with Gasteiger partial charge in [0.15, 0.2) is 0 Å². The summed E-state index contributed by atoms with van der Waals surface area (Å²) >= 11 is 12.7. The minimum absolute atomic E-state index is 0.00131. The van der Waals surface area contributed by atoms with Gasteiger partial charge in [-0.15, -0.1) is 0 Å². The van der Waals surface area contributed by atoms with Gasteiger partial charge in [0.05, 0.1) is 15.6 Å². The lowest BCUT2D eigenvalue weighted by Crippen LogP contribution is -2.53. The molecule has 2 atom stereocenters. The van der Waals surface area contributed by atoms with E-state index in [1.165, 1.54) is 29.2 Å². The minimum Gasteiger partial charge on any atom is -0.352 e. The lowest BCUT2D eigenvalue weighted by molar-refractivity contribution is -0.140. The SMILES string of the molecule is CCC(C)NC(=O)C(CC)N(Cc1ccc(C)cc1)C(=O)CN(c1cc(Cl)ccc1Cl)S(=O)(=O)c1ccc(C)cc1. The molecule has 0 aliphatic heterocycles. The van der Waals surface area contributed by atoms with Crippen molar-refractivity contribution >= 4 is 50.7 Å². The number of carbonyl (C=O) groups excluding carboxylic acids is 2. The number of halogens is 2. The highest BCUT2D eigenvalue weighted by atomic mass is 35.5. The molecule has 2 amide bonds. The maximum absolute atomic E-state index is 14.2. The van der Waals surface area contributed by atoms with Gasteiger partial charge < -0.3 is 10.2 Å². The summed E-state index contributed by atoms with van der Waals surface area (Å²) in [5.74, 6) is -0.848. The van der Waals surface area contributed by atoms with Crippen molar-refractivity contribution in [1.29, 1.82) is 0 Å². The Morgan fingerprint density at radius 1 is 0.878 bits per heavy atom. The van der Waals surface area contributed by atoms with Crippen molar-refractivity contribution < 1.29 is 18.0 Å².